The van der Waals surface area contributed by atoms with Crippen LogP contribution in [0.25, 0.3) is 27.0 Å². The number of rotatable bonds is 5. The van der Waals surface area contributed by atoms with Crippen LogP contribution in [0.5, 0.6) is 0 Å². The minimum Gasteiger partial charge on any atom is -0.339 e. The van der Waals surface area contributed by atoms with Crippen LogP contribution >= 0.6 is 23.1 Å². The number of hydrogen-bond donors (Lipinski definition) is 0. The van der Waals surface area contributed by atoms with Crippen LogP contribution in [-0.4, -0.2) is 38.7 Å². The van der Waals surface area contributed by atoms with Crippen molar-refractivity contribution in [3.05, 3.63) is 76.4 Å². The van der Waals surface area contributed by atoms with Gasteiger partial charge in [0.05, 0.1) is 16.8 Å². The number of thiophene rings is 1. The van der Waals surface area contributed by atoms with E-state index in [4.69, 9.17) is 4.98 Å². The summed E-state index contributed by atoms with van der Waals surface area (Å²) in [5, 5.41) is 3.17. The van der Waals surface area contributed by atoms with Crippen LogP contribution in [0.2, 0.25) is 0 Å². The van der Waals surface area contributed by atoms with Crippen molar-refractivity contribution in [1.29, 1.82) is 0 Å². The van der Waals surface area contributed by atoms with E-state index in [1.54, 1.807) is 4.57 Å². The molecule has 5 nitrogen and oxygen atoms in total. The van der Waals surface area contributed by atoms with Gasteiger partial charge in [-0.25, -0.2) is 4.98 Å². The average molecular weight is 476 g/mol. The number of carbonyl (C=O) groups is 1. The first kappa shape index (κ1) is 21.9. The van der Waals surface area contributed by atoms with Gasteiger partial charge in [0.25, 0.3) is 5.56 Å². The molecule has 3 heterocycles. The summed E-state index contributed by atoms with van der Waals surface area (Å²) in [6, 6.07) is 19.7. The Balaban J connectivity index is 1.57. The Morgan fingerprint density at radius 2 is 1.82 bits per heavy atom. The van der Waals surface area contributed by atoms with Crippen LogP contribution in [0.15, 0.2) is 76.0 Å². The molecular formula is C26H25N3O2S2. The molecule has 1 amide bonds. The van der Waals surface area contributed by atoms with Crippen molar-refractivity contribution in [3.8, 4) is 16.8 Å². The second-order valence-corrected chi connectivity index (χ2v) is 10.1. The van der Waals surface area contributed by atoms with Crippen LogP contribution in [0, 0.1) is 0 Å². The van der Waals surface area contributed by atoms with Crippen molar-refractivity contribution < 1.29 is 4.79 Å². The minimum absolute atomic E-state index is 0.104. The summed E-state index contributed by atoms with van der Waals surface area (Å²) in [7, 11) is 0. The highest BCUT2D eigenvalue weighted by atomic mass is 32.2. The first-order valence-electron chi connectivity index (χ1n) is 11.2. The summed E-state index contributed by atoms with van der Waals surface area (Å²) in [4.78, 5) is 34.3. The Labute approximate surface area is 201 Å². The van der Waals surface area contributed by atoms with Crippen LogP contribution in [0.3, 0.4) is 0 Å². The first-order chi connectivity index (χ1) is 16.1. The van der Waals surface area contributed by atoms with Gasteiger partial charge in [0, 0.05) is 23.5 Å². The van der Waals surface area contributed by atoms with Crippen molar-refractivity contribution in [2.45, 2.75) is 37.4 Å². The predicted molar refractivity (Wildman–Crippen MR) is 136 cm³/mol. The van der Waals surface area contributed by atoms with Crippen molar-refractivity contribution >= 4 is 39.2 Å². The second kappa shape index (κ2) is 9.53. The van der Waals surface area contributed by atoms with Gasteiger partial charge < -0.3 is 4.90 Å². The van der Waals surface area contributed by atoms with E-state index in [0.717, 1.165) is 36.2 Å². The summed E-state index contributed by atoms with van der Waals surface area (Å²) in [5.74, 6) is 0.379. The highest BCUT2D eigenvalue weighted by Gasteiger charge is 2.24. The maximum atomic E-state index is 13.8. The third-order valence-electron chi connectivity index (χ3n) is 6.12. The molecule has 1 fully saturated rings. The number of thioether (sulfide) groups is 1. The number of likely N-dealkylation sites (tertiary alicyclic amines) is 1. The standard InChI is InChI=1S/C26H25N3O2S2/c1-18-10-8-9-15-28(18)22(30)17-33-26-27-24-23(21(16-32-24)19-11-4-2-5-12-19)25(31)29(26)20-13-6-3-7-14-20/h2-7,11-14,16,18H,8-10,15,17H2,1H3/t18-/m1/s1. The zero-order valence-corrected chi connectivity index (χ0v) is 20.1. The predicted octanol–water partition coefficient (Wildman–Crippen LogP) is 5.61. The maximum absolute atomic E-state index is 13.8. The lowest BCUT2D eigenvalue weighted by Gasteiger charge is -2.33. The van der Waals surface area contributed by atoms with Gasteiger partial charge in [-0.3, -0.25) is 14.2 Å². The summed E-state index contributed by atoms with van der Waals surface area (Å²) in [5.41, 5.74) is 2.54. The number of fused-ring (bicyclic) bond motifs is 1. The van der Waals surface area contributed by atoms with Crippen molar-refractivity contribution in [2.75, 3.05) is 12.3 Å². The number of benzene rings is 2. The van der Waals surface area contributed by atoms with Crippen LogP contribution in [0.4, 0.5) is 0 Å². The van der Waals surface area contributed by atoms with Gasteiger partial charge in [0.2, 0.25) is 5.91 Å². The fourth-order valence-corrected chi connectivity index (χ4v) is 6.27. The topological polar surface area (TPSA) is 55.2 Å². The number of piperidine rings is 1. The first-order valence-corrected chi connectivity index (χ1v) is 13.1. The quantitative estimate of drug-likeness (QED) is 0.278. The van der Waals surface area contributed by atoms with Gasteiger partial charge >= 0.3 is 0 Å². The minimum atomic E-state index is -0.104. The van der Waals surface area contributed by atoms with Gasteiger partial charge in [-0.1, -0.05) is 60.3 Å². The summed E-state index contributed by atoms with van der Waals surface area (Å²) in [6.45, 7) is 2.92. The fourth-order valence-electron chi connectivity index (χ4n) is 4.38. The number of nitrogens with zero attached hydrogens (tertiary/aromatic N) is 3. The Hall–Kier alpha value is -2.90. The molecule has 2 aromatic carbocycles. The Morgan fingerprint density at radius 1 is 1.09 bits per heavy atom. The molecule has 0 aliphatic carbocycles. The van der Waals surface area contributed by atoms with Gasteiger partial charge in [0.15, 0.2) is 5.16 Å². The molecule has 7 heteroatoms. The van der Waals surface area contributed by atoms with E-state index in [-0.39, 0.29) is 23.3 Å². The monoisotopic (exact) mass is 475 g/mol. The molecule has 0 radical (unpaired) electrons. The summed E-state index contributed by atoms with van der Waals surface area (Å²) in [6.07, 6.45) is 3.27. The molecule has 0 bridgehead atoms. The van der Waals surface area contributed by atoms with E-state index in [2.05, 4.69) is 6.92 Å². The molecule has 2 aromatic heterocycles. The number of para-hydroxylation sites is 1. The molecule has 5 rings (SSSR count). The maximum Gasteiger partial charge on any atom is 0.268 e. The molecule has 0 unspecified atom stereocenters. The number of carbonyl (C=O) groups excluding carboxylic acids is 1. The molecule has 1 aliphatic rings. The number of aromatic nitrogens is 2. The zero-order chi connectivity index (χ0) is 22.8. The van der Waals surface area contributed by atoms with Crippen molar-refractivity contribution in [2.24, 2.45) is 0 Å². The van der Waals surface area contributed by atoms with E-state index in [1.165, 1.54) is 29.5 Å². The highest BCUT2D eigenvalue weighted by Crippen LogP contribution is 2.33. The summed E-state index contributed by atoms with van der Waals surface area (Å²) < 4.78 is 1.65. The Kier molecular flexibility index (Phi) is 6.33. The van der Waals surface area contributed by atoms with Crippen LogP contribution in [-0.2, 0) is 4.79 Å². The smallest absolute Gasteiger partial charge is 0.268 e. The van der Waals surface area contributed by atoms with Gasteiger partial charge in [-0.15, -0.1) is 11.3 Å². The molecule has 1 atom stereocenters. The van der Waals surface area contributed by atoms with Gasteiger partial charge in [-0.05, 0) is 43.9 Å². The lowest BCUT2D eigenvalue weighted by atomic mass is 10.0. The molecule has 1 aliphatic heterocycles. The summed E-state index contributed by atoms with van der Waals surface area (Å²) >= 11 is 2.82. The average Bonchev–Trinajstić information content (AvgIpc) is 3.28. The SMILES string of the molecule is C[C@@H]1CCCCN1C(=O)CSc1nc2scc(-c3ccccc3)c2c(=O)n1-c1ccccc1. The molecule has 0 N–H and O–H groups in total. The van der Waals surface area contributed by atoms with E-state index in [9.17, 15) is 9.59 Å². The van der Waals surface area contributed by atoms with Crippen LogP contribution < -0.4 is 5.56 Å². The van der Waals surface area contributed by atoms with Gasteiger partial charge in [0.1, 0.15) is 4.83 Å². The molecule has 4 aromatic rings. The number of hydrogen-bond acceptors (Lipinski definition) is 5. The molecule has 0 spiro atoms. The normalized spacial score (nSPS) is 16.3. The molecule has 0 saturated carbocycles. The lowest BCUT2D eigenvalue weighted by molar-refractivity contribution is -0.131. The third-order valence-corrected chi connectivity index (χ3v) is 7.92. The third kappa shape index (κ3) is 4.35. The van der Waals surface area contributed by atoms with E-state index >= 15 is 0 Å². The molecular weight excluding hydrogens is 450 g/mol. The molecule has 1 saturated heterocycles. The molecule has 168 valence electrons. The highest BCUT2D eigenvalue weighted by molar-refractivity contribution is 7.99. The van der Waals surface area contributed by atoms with Crippen LogP contribution in [0.1, 0.15) is 26.2 Å². The number of amides is 1. The van der Waals surface area contributed by atoms with Crippen molar-refractivity contribution in [1.82, 2.24) is 14.5 Å². The van der Waals surface area contributed by atoms with E-state index in [1.807, 2.05) is 70.9 Å². The molecule has 33 heavy (non-hydrogen) atoms. The Bertz CT molecular complexity index is 1330. The van der Waals surface area contributed by atoms with E-state index in [0.29, 0.717) is 15.4 Å². The second-order valence-electron chi connectivity index (χ2n) is 8.29. The fraction of sp³-hybridized carbons (Fsp3) is 0.269. The lowest BCUT2D eigenvalue weighted by Crippen LogP contribution is -2.43. The Morgan fingerprint density at radius 3 is 2.55 bits per heavy atom. The zero-order valence-electron chi connectivity index (χ0n) is 18.4. The van der Waals surface area contributed by atoms with Crippen molar-refractivity contribution in [3.63, 3.8) is 0 Å². The largest absolute Gasteiger partial charge is 0.339 e. The van der Waals surface area contributed by atoms with Gasteiger partial charge in [-0.2, -0.15) is 0 Å². The van der Waals surface area contributed by atoms with E-state index < -0.39 is 0 Å².